The van der Waals surface area contributed by atoms with Gasteiger partial charge in [0, 0.05) is 5.54 Å². The van der Waals surface area contributed by atoms with Crippen LogP contribution in [0.5, 0.6) is 0 Å². The molecule has 164 valence electrons. The van der Waals surface area contributed by atoms with Crippen molar-refractivity contribution in [3.05, 3.63) is 15.3 Å². The zero-order valence-corrected chi connectivity index (χ0v) is 18.0. The molecule has 7 heteroatoms. The molecule has 5 fully saturated rings. The Morgan fingerprint density at radius 1 is 1.00 bits per heavy atom. The monoisotopic (exact) mass is 407 g/mol. The lowest BCUT2D eigenvalue weighted by Crippen LogP contribution is -2.58. The lowest BCUT2D eigenvalue weighted by molar-refractivity contribution is -0.770. The predicted octanol–water partition coefficient (Wildman–Crippen LogP) is 4.52. The summed E-state index contributed by atoms with van der Waals surface area (Å²) in [6.45, 7) is 6.97. The third kappa shape index (κ3) is 2.87. The third-order valence-electron chi connectivity index (χ3n) is 9.77. The number of hydrogen-bond donors (Lipinski definition) is 0. The van der Waals surface area contributed by atoms with Gasteiger partial charge >= 0.3 is 0 Å². The molecule has 4 saturated carbocycles. The normalized spacial score (nSPS) is 51.3. The van der Waals surface area contributed by atoms with Crippen molar-refractivity contribution in [2.75, 3.05) is 6.61 Å². The Morgan fingerprint density at radius 2 is 1.72 bits per heavy atom. The molecule has 8 atom stereocenters. The van der Waals surface area contributed by atoms with Crippen molar-refractivity contribution in [2.24, 2.45) is 35.0 Å². The van der Waals surface area contributed by atoms with Crippen LogP contribution in [-0.2, 0) is 9.57 Å². The van der Waals surface area contributed by atoms with Gasteiger partial charge in [-0.1, -0.05) is 6.92 Å². The predicted molar refractivity (Wildman–Crippen MR) is 107 cm³/mol. The van der Waals surface area contributed by atoms with Crippen LogP contribution in [0.3, 0.4) is 0 Å². The maximum absolute atomic E-state index is 13.1. The Kier molecular flexibility index (Phi) is 4.51. The molecule has 1 saturated heterocycles. The van der Waals surface area contributed by atoms with Gasteiger partial charge in [-0.05, 0) is 107 Å². The van der Waals surface area contributed by atoms with Gasteiger partial charge in [-0.25, -0.2) is 0 Å². The van der Waals surface area contributed by atoms with E-state index in [1.54, 1.807) is 0 Å². The highest BCUT2D eigenvalue weighted by molar-refractivity contribution is 5.10. The fourth-order valence-corrected chi connectivity index (χ4v) is 8.35. The van der Waals surface area contributed by atoms with E-state index in [-0.39, 0.29) is 11.5 Å². The highest BCUT2D eigenvalue weighted by Crippen LogP contribution is 2.65. The van der Waals surface area contributed by atoms with Gasteiger partial charge in [0.15, 0.2) is 0 Å². The van der Waals surface area contributed by atoms with E-state index in [1.165, 1.54) is 11.5 Å². The first-order valence-corrected chi connectivity index (χ1v) is 11.6. The number of fused-ring (bicyclic) bond motifs is 5. The van der Waals surface area contributed by atoms with Crippen molar-refractivity contribution in [2.45, 2.75) is 95.9 Å². The second-order valence-corrected chi connectivity index (χ2v) is 11.4. The van der Waals surface area contributed by atoms with Gasteiger partial charge in [-0.2, -0.15) is 0 Å². The molecule has 0 N–H and O–H groups in total. The summed E-state index contributed by atoms with van der Waals surface area (Å²) >= 11 is 0. The molecule has 1 spiro atoms. The SMILES string of the molecule is CC1(C)COC2(CC[C@@]3(C)C(CCC4C5CC[C@H](O[N+](=O)[O-])C5CCC43)C2)N1[O-]. The fourth-order valence-electron chi connectivity index (χ4n) is 8.35. The van der Waals surface area contributed by atoms with E-state index in [0.29, 0.717) is 36.2 Å². The standard InChI is InChI=1S/C22H35N2O5/c1-20(2)13-28-22(23(20)25)11-10-21(3)14(12-22)4-5-16-15-7-9-19(29-24(26)27)17(15)6-8-18(16)21/h14-19H,4-13H2,1-3H3/q-1/t14?,15?,16?,17?,18?,19-,21-,22?/m0/s1. The maximum Gasteiger partial charge on any atom is 0.294 e. The number of ether oxygens (including phenoxy) is 1. The molecule has 7 nitrogen and oxygen atoms in total. The van der Waals surface area contributed by atoms with E-state index in [0.717, 1.165) is 51.4 Å². The van der Waals surface area contributed by atoms with E-state index >= 15 is 0 Å². The topological polar surface area (TPSA) is 87.9 Å². The fraction of sp³-hybridized carbons (Fsp3) is 1.00. The summed E-state index contributed by atoms with van der Waals surface area (Å²) in [5, 5.41) is 24.6. The Hall–Kier alpha value is -0.920. The molecular formula is C22H35N2O5-. The van der Waals surface area contributed by atoms with Crippen molar-refractivity contribution in [1.82, 2.24) is 5.06 Å². The van der Waals surface area contributed by atoms with Gasteiger partial charge in [-0.15, -0.1) is 10.1 Å². The van der Waals surface area contributed by atoms with Gasteiger partial charge in [0.1, 0.15) is 11.8 Å². The second kappa shape index (κ2) is 6.54. The molecule has 1 aliphatic heterocycles. The average molecular weight is 408 g/mol. The maximum atomic E-state index is 13.1. The van der Waals surface area contributed by atoms with Crippen molar-refractivity contribution >= 4 is 0 Å². The first-order valence-electron chi connectivity index (χ1n) is 11.6. The van der Waals surface area contributed by atoms with Crippen LogP contribution in [-0.4, -0.2) is 34.1 Å². The van der Waals surface area contributed by atoms with Crippen LogP contribution >= 0.6 is 0 Å². The Morgan fingerprint density at radius 3 is 2.41 bits per heavy atom. The number of rotatable bonds is 2. The van der Waals surface area contributed by atoms with E-state index in [9.17, 15) is 15.3 Å². The van der Waals surface area contributed by atoms with E-state index in [2.05, 4.69) is 6.92 Å². The minimum atomic E-state index is -0.615. The van der Waals surface area contributed by atoms with Crippen LogP contribution < -0.4 is 0 Å². The summed E-state index contributed by atoms with van der Waals surface area (Å²) in [7, 11) is 0. The molecule has 29 heavy (non-hydrogen) atoms. The first-order chi connectivity index (χ1) is 13.7. The number of nitrogens with zero attached hydrogens (tertiary/aromatic N) is 2. The average Bonchev–Trinajstić information content (AvgIpc) is 3.17. The third-order valence-corrected chi connectivity index (χ3v) is 9.77. The largest absolute Gasteiger partial charge is 0.783 e. The molecule has 0 radical (unpaired) electrons. The lowest BCUT2D eigenvalue weighted by Gasteiger charge is -2.62. The summed E-state index contributed by atoms with van der Waals surface area (Å²) in [6.07, 6.45) is 9.00. The summed E-state index contributed by atoms with van der Waals surface area (Å²) in [6, 6.07) is 0. The van der Waals surface area contributed by atoms with Gasteiger partial charge in [-0.3, -0.25) is 0 Å². The number of hydrogen-bond acceptors (Lipinski definition) is 6. The van der Waals surface area contributed by atoms with Crippen LogP contribution in [0.4, 0.5) is 0 Å². The molecule has 0 aromatic carbocycles. The van der Waals surface area contributed by atoms with Crippen molar-refractivity contribution in [3.63, 3.8) is 0 Å². The van der Waals surface area contributed by atoms with Gasteiger partial charge in [0.2, 0.25) is 0 Å². The molecule has 4 aliphatic carbocycles. The van der Waals surface area contributed by atoms with Gasteiger partial charge < -0.3 is 19.8 Å². The minimum absolute atomic E-state index is 0.195. The molecule has 5 aliphatic rings. The van der Waals surface area contributed by atoms with Crippen LogP contribution in [0, 0.1) is 50.3 Å². The van der Waals surface area contributed by atoms with Gasteiger partial charge in [0.05, 0.1) is 6.61 Å². The van der Waals surface area contributed by atoms with Crippen molar-refractivity contribution < 1.29 is 14.7 Å². The zero-order chi connectivity index (χ0) is 20.6. The van der Waals surface area contributed by atoms with E-state index in [4.69, 9.17) is 9.57 Å². The van der Waals surface area contributed by atoms with Crippen LogP contribution in [0.25, 0.3) is 0 Å². The molecule has 0 bridgehead atoms. The van der Waals surface area contributed by atoms with Crippen LogP contribution in [0.1, 0.15) is 78.6 Å². The molecule has 6 unspecified atom stereocenters. The highest BCUT2D eigenvalue weighted by Gasteiger charge is 2.61. The summed E-state index contributed by atoms with van der Waals surface area (Å²) in [5.41, 5.74) is -0.785. The van der Waals surface area contributed by atoms with Crippen molar-refractivity contribution in [1.29, 1.82) is 0 Å². The molecule has 0 aromatic rings. The Bertz CT molecular complexity index is 686. The lowest BCUT2D eigenvalue weighted by atomic mass is 9.46. The number of hydroxylamine groups is 2. The molecule has 0 aromatic heterocycles. The molecule has 5 rings (SSSR count). The quantitative estimate of drug-likeness (QED) is 0.494. The smallest absolute Gasteiger partial charge is 0.294 e. The zero-order valence-electron chi connectivity index (χ0n) is 18.0. The summed E-state index contributed by atoms with van der Waals surface area (Å²) < 4.78 is 6.19. The second-order valence-electron chi connectivity index (χ2n) is 11.4. The van der Waals surface area contributed by atoms with Crippen molar-refractivity contribution in [3.8, 4) is 0 Å². The molecule has 1 heterocycles. The van der Waals surface area contributed by atoms with Gasteiger partial charge in [0.25, 0.3) is 5.09 Å². The first kappa shape index (κ1) is 20.0. The Labute approximate surface area is 173 Å². The van der Waals surface area contributed by atoms with Crippen LogP contribution in [0.15, 0.2) is 0 Å². The summed E-state index contributed by atoms with van der Waals surface area (Å²) in [4.78, 5) is 15.9. The van der Waals surface area contributed by atoms with E-state index in [1.807, 2.05) is 13.8 Å². The molecule has 0 amide bonds. The highest BCUT2D eigenvalue weighted by atomic mass is 17.0. The molecular weight excluding hydrogens is 372 g/mol. The van der Waals surface area contributed by atoms with Crippen LogP contribution in [0.2, 0.25) is 0 Å². The Balaban J connectivity index is 1.34. The minimum Gasteiger partial charge on any atom is -0.783 e. The van der Waals surface area contributed by atoms with E-state index < -0.39 is 16.4 Å². The summed E-state index contributed by atoms with van der Waals surface area (Å²) in [5.74, 6) is 2.79.